The second-order valence-electron chi connectivity index (χ2n) is 9.19. The summed E-state index contributed by atoms with van der Waals surface area (Å²) in [5.74, 6) is 0.911. The second-order valence-corrected chi connectivity index (χ2v) is 9.19. The molecule has 2 saturated heterocycles. The number of carbonyl (C=O) groups excluding carboxylic acids is 1. The molecule has 29 heavy (non-hydrogen) atoms. The van der Waals surface area contributed by atoms with Crippen molar-refractivity contribution >= 4 is 16.9 Å². The maximum Gasteiger partial charge on any atom is 0.230 e. The van der Waals surface area contributed by atoms with Crippen molar-refractivity contribution < 1.29 is 13.9 Å². The lowest BCUT2D eigenvalue weighted by molar-refractivity contribution is -0.137. The van der Waals surface area contributed by atoms with Gasteiger partial charge in [-0.3, -0.25) is 9.69 Å². The van der Waals surface area contributed by atoms with Gasteiger partial charge in [0, 0.05) is 31.1 Å². The molecule has 2 aromatic rings. The molecule has 3 heterocycles. The zero-order valence-electron chi connectivity index (χ0n) is 17.4. The molecule has 3 aliphatic rings. The van der Waals surface area contributed by atoms with Crippen LogP contribution in [0, 0.1) is 0 Å². The molecule has 5 rings (SSSR count). The largest absolute Gasteiger partial charge is 0.461 e. The lowest BCUT2D eigenvalue weighted by atomic mass is 9.76. The van der Waals surface area contributed by atoms with Gasteiger partial charge in [0.1, 0.15) is 11.3 Å². The number of nitrogens with zero attached hydrogens (tertiary/aromatic N) is 2. The Morgan fingerprint density at radius 1 is 1.21 bits per heavy atom. The Hall–Kier alpha value is -1.85. The number of hydrogen-bond acceptors (Lipinski definition) is 4. The fourth-order valence-corrected chi connectivity index (χ4v) is 5.82. The Balaban J connectivity index is 1.32. The van der Waals surface area contributed by atoms with E-state index >= 15 is 0 Å². The van der Waals surface area contributed by atoms with Gasteiger partial charge in [-0.15, -0.1) is 0 Å². The molecule has 2 aliphatic heterocycles. The molecule has 5 nitrogen and oxygen atoms in total. The third-order valence-corrected chi connectivity index (χ3v) is 7.41. The lowest BCUT2D eigenvalue weighted by Gasteiger charge is -2.48. The van der Waals surface area contributed by atoms with Crippen LogP contribution in [0.2, 0.25) is 0 Å². The van der Waals surface area contributed by atoms with Gasteiger partial charge in [0.2, 0.25) is 5.91 Å². The van der Waals surface area contributed by atoms with Crippen LogP contribution in [-0.4, -0.2) is 60.1 Å². The first-order valence-corrected chi connectivity index (χ1v) is 11.2. The number of carbonyl (C=O) groups is 1. The van der Waals surface area contributed by atoms with Crippen molar-refractivity contribution in [1.82, 2.24) is 9.80 Å². The van der Waals surface area contributed by atoms with E-state index in [9.17, 15) is 4.79 Å². The van der Waals surface area contributed by atoms with Crippen LogP contribution in [-0.2, 0) is 16.0 Å². The quantitative estimate of drug-likeness (QED) is 0.784. The smallest absolute Gasteiger partial charge is 0.230 e. The molecule has 1 saturated carbocycles. The number of furan rings is 1. The number of fused-ring (bicyclic) bond motifs is 1. The summed E-state index contributed by atoms with van der Waals surface area (Å²) < 4.78 is 12.1. The minimum Gasteiger partial charge on any atom is -0.461 e. The van der Waals surface area contributed by atoms with Gasteiger partial charge in [-0.05, 0) is 70.2 Å². The molecule has 3 unspecified atom stereocenters. The van der Waals surface area contributed by atoms with E-state index < -0.39 is 0 Å². The maximum absolute atomic E-state index is 13.2. The van der Waals surface area contributed by atoms with Crippen LogP contribution in [0.5, 0.6) is 0 Å². The normalized spacial score (nSPS) is 30.4. The highest BCUT2D eigenvalue weighted by Crippen LogP contribution is 2.43. The van der Waals surface area contributed by atoms with Gasteiger partial charge in [0.15, 0.2) is 0 Å². The summed E-state index contributed by atoms with van der Waals surface area (Å²) in [5.41, 5.74) is 0.915. The van der Waals surface area contributed by atoms with Gasteiger partial charge in [0.25, 0.3) is 0 Å². The Labute approximate surface area is 173 Å². The van der Waals surface area contributed by atoms with Crippen molar-refractivity contribution in [3.8, 4) is 0 Å². The number of ether oxygens (including phenoxy) is 1. The van der Waals surface area contributed by atoms with Crippen molar-refractivity contribution in [2.24, 2.45) is 0 Å². The van der Waals surface area contributed by atoms with E-state index in [1.165, 1.54) is 25.7 Å². The summed E-state index contributed by atoms with van der Waals surface area (Å²) in [7, 11) is 1.99. The van der Waals surface area contributed by atoms with Crippen LogP contribution < -0.4 is 0 Å². The number of benzene rings is 1. The van der Waals surface area contributed by atoms with Crippen LogP contribution in [0.25, 0.3) is 11.0 Å². The third kappa shape index (κ3) is 3.71. The molecule has 5 heteroatoms. The van der Waals surface area contributed by atoms with E-state index in [4.69, 9.17) is 9.15 Å². The van der Waals surface area contributed by atoms with E-state index in [0.717, 1.165) is 55.7 Å². The first-order chi connectivity index (χ1) is 14.1. The molecular formula is C24H32N2O3. The zero-order valence-corrected chi connectivity index (χ0v) is 17.4. The average Bonchev–Trinajstić information content (AvgIpc) is 3.48. The minimum absolute atomic E-state index is 0.0619. The van der Waals surface area contributed by atoms with Gasteiger partial charge in [-0.2, -0.15) is 0 Å². The molecule has 1 amide bonds. The first kappa shape index (κ1) is 19.1. The number of likely N-dealkylation sites (N-methyl/N-ethyl adjacent to an activating group) is 1. The summed E-state index contributed by atoms with van der Waals surface area (Å²) in [6, 6.07) is 10.6. The highest BCUT2D eigenvalue weighted by molar-refractivity contribution is 5.82. The van der Waals surface area contributed by atoms with Crippen LogP contribution in [0.3, 0.4) is 0 Å². The molecule has 0 bridgehead atoms. The molecule has 0 N–H and O–H groups in total. The van der Waals surface area contributed by atoms with E-state index in [0.29, 0.717) is 12.5 Å². The third-order valence-electron chi connectivity index (χ3n) is 7.41. The van der Waals surface area contributed by atoms with Crippen molar-refractivity contribution in [2.45, 2.75) is 69.1 Å². The Morgan fingerprint density at radius 2 is 2.03 bits per heavy atom. The van der Waals surface area contributed by atoms with Crippen molar-refractivity contribution in [3.05, 3.63) is 36.1 Å². The SMILES string of the molecule is CN(C(=O)Cc1cc2ccccc2o1)C1CCC2(CCCO2)CC1N1CCCC1. The summed E-state index contributed by atoms with van der Waals surface area (Å²) in [6.07, 6.45) is 8.41. The average molecular weight is 397 g/mol. The molecule has 1 spiro atoms. The molecular weight excluding hydrogens is 364 g/mol. The summed E-state index contributed by atoms with van der Waals surface area (Å²) in [6.45, 7) is 3.21. The maximum atomic E-state index is 13.2. The molecule has 1 aliphatic carbocycles. The minimum atomic E-state index is 0.0619. The number of likely N-dealkylation sites (tertiary alicyclic amines) is 1. The standard InChI is InChI=1S/C24H32N2O3/c1-25(23(27)16-19-15-18-7-2-3-8-22(18)29-19)20-9-11-24(10-6-14-28-24)17-21(20)26-12-4-5-13-26/h2-3,7-8,15,20-21H,4-6,9-14,16-17H2,1H3. The van der Waals surface area contributed by atoms with E-state index in [1.54, 1.807) is 0 Å². The summed E-state index contributed by atoms with van der Waals surface area (Å²) >= 11 is 0. The predicted octanol–water partition coefficient (Wildman–Crippen LogP) is 4.00. The Morgan fingerprint density at radius 3 is 2.79 bits per heavy atom. The second kappa shape index (κ2) is 7.77. The number of hydrogen-bond donors (Lipinski definition) is 0. The van der Waals surface area contributed by atoms with E-state index in [2.05, 4.69) is 4.90 Å². The number of para-hydroxylation sites is 1. The highest BCUT2D eigenvalue weighted by Gasteiger charge is 2.47. The molecule has 3 fully saturated rings. The van der Waals surface area contributed by atoms with Gasteiger partial charge in [-0.25, -0.2) is 0 Å². The van der Waals surface area contributed by atoms with Crippen LogP contribution in [0.4, 0.5) is 0 Å². The van der Waals surface area contributed by atoms with Crippen LogP contribution in [0.15, 0.2) is 34.7 Å². The van der Waals surface area contributed by atoms with E-state index in [1.807, 2.05) is 42.3 Å². The Bertz CT molecular complexity index is 831. The molecule has 1 aromatic heterocycles. The molecule has 3 atom stereocenters. The van der Waals surface area contributed by atoms with Gasteiger partial charge < -0.3 is 14.1 Å². The van der Waals surface area contributed by atoms with Gasteiger partial charge in [-0.1, -0.05) is 18.2 Å². The summed E-state index contributed by atoms with van der Waals surface area (Å²) in [4.78, 5) is 17.8. The van der Waals surface area contributed by atoms with E-state index in [-0.39, 0.29) is 17.6 Å². The lowest BCUT2D eigenvalue weighted by Crippen LogP contribution is -2.58. The molecule has 156 valence electrons. The first-order valence-electron chi connectivity index (χ1n) is 11.2. The zero-order chi connectivity index (χ0) is 19.8. The van der Waals surface area contributed by atoms with Gasteiger partial charge in [0.05, 0.1) is 12.0 Å². The van der Waals surface area contributed by atoms with Gasteiger partial charge >= 0.3 is 0 Å². The van der Waals surface area contributed by atoms with Crippen LogP contribution >= 0.6 is 0 Å². The fraction of sp³-hybridized carbons (Fsp3) is 0.625. The highest BCUT2D eigenvalue weighted by atomic mass is 16.5. The molecule has 0 radical (unpaired) electrons. The molecule has 1 aromatic carbocycles. The van der Waals surface area contributed by atoms with Crippen molar-refractivity contribution in [1.29, 1.82) is 0 Å². The fourth-order valence-electron chi connectivity index (χ4n) is 5.82. The summed E-state index contributed by atoms with van der Waals surface area (Å²) in [5, 5.41) is 1.06. The van der Waals surface area contributed by atoms with Crippen LogP contribution in [0.1, 0.15) is 50.7 Å². The Kier molecular flexibility index (Phi) is 5.12. The number of rotatable bonds is 4. The van der Waals surface area contributed by atoms with Crippen molar-refractivity contribution in [2.75, 3.05) is 26.7 Å². The monoisotopic (exact) mass is 396 g/mol. The topological polar surface area (TPSA) is 45.9 Å². The number of amides is 1. The van der Waals surface area contributed by atoms with Crippen molar-refractivity contribution in [3.63, 3.8) is 0 Å². The predicted molar refractivity (Wildman–Crippen MR) is 113 cm³/mol.